The third-order valence-corrected chi connectivity index (χ3v) is 5.21. The van der Waals surface area contributed by atoms with Crippen LogP contribution in [0.5, 0.6) is 5.75 Å². The lowest BCUT2D eigenvalue weighted by atomic mass is 9.96. The van der Waals surface area contributed by atoms with Crippen LogP contribution in [0.25, 0.3) is 10.8 Å². The van der Waals surface area contributed by atoms with E-state index in [1.807, 2.05) is 80.6 Å². The van der Waals surface area contributed by atoms with Gasteiger partial charge in [0.25, 0.3) is 0 Å². The van der Waals surface area contributed by atoms with Crippen LogP contribution in [-0.4, -0.2) is 37.5 Å². The highest BCUT2D eigenvalue weighted by Crippen LogP contribution is 2.25. The molecule has 3 rings (SSSR count). The molecule has 162 valence electrons. The minimum atomic E-state index is -0.303. The summed E-state index contributed by atoms with van der Waals surface area (Å²) < 4.78 is 5.21. The number of benzene rings is 3. The molecule has 0 heterocycles. The third-order valence-electron chi connectivity index (χ3n) is 5.21. The zero-order valence-corrected chi connectivity index (χ0v) is 18.4. The van der Waals surface area contributed by atoms with Crippen LogP contribution in [0.2, 0.25) is 0 Å². The van der Waals surface area contributed by atoms with Gasteiger partial charge in [-0.05, 0) is 35.1 Å². The van der Waals surface area contributed by atoms with Gasteiger partial charge in [0.05, 0.1) is 13.2 Å². The first-order chi connectivity index (χ1) is 14.9. The van der Waals surface area contributed by atoms with Gasteiger partial charge in [-0.3, -0.25) is 4.79 Å². The summed E-state index contributed by atoms with van der Waals surface area (Å²) in [5.41, 5.74) is 1.72. The van der Waals surface area contributed by atoms with E-state index in [1.54, 1.807) is 14.2 Å². The topological polar surface area (TPSA) is 70.7 Å². The first-order valence-corrected chi connectivity index (χ1v) is 10.3. The first kappa shape index (κ1) is 22.2. The highest BCUT2D eigenvalue weighted by Gasteiger charge is 2.21. The van der Waals surface area contributed by atoms with E-state index in [-0.39, 0.29) is 30.4 Å². The fourth-order valence-corrected chi connectivity index (χ4v) is 3.50. The Balaban J connectivity index is 1.63. The lowest BCUT2D eigenvalue weighted by Crippen LogP contribution is -2.44. The van der Waals surface area contributed by atoms with Crippen molar-refractivity contribution in [2.75, 3.05) is 26.0 Å². The monoisotopic (exact) mass is 419 g/mol. The lowest BCUT2D eigenvalue weighted by Gasteiger charge is -2.26. The van der Waals surface area contributed by atoms with E-state index >= 15 is 0 Å². The Morgan fingerprint density at radius 3 is 2.32 bits per heavy atom. The zero-order valence-electron chi connectivity index (χ0n) is 18.4. The van der Waals surface area contributed by atoms with Gasteiger partial charge in [-0.25, -0.2) is 4.79 Å². The Kier molecular flexibility index (Phi) is 7.13. The number of methoxy groups -OCH3 is 1. The zero-order chi connectivity index (χ0) is 22.4. The second-order valence-corrected chi connectivity index (χ2v) is 7.88. The molecule has 6 nitrogen and oxygen atoms in total. The lowest BCUT2D eigenvalue weighted by molar-refractivity contribution is -0.116. The van der Waals surface area contributed by atoms with Gasteiger partial charge in [0.15, 0.2) is 0 Å². The van der Waals surface area contributed by atoms with Gasteiger partial charge in [-0.2, -0.15) is 0 Å². The second-order valence-electron chi connectivity index (χ2n) is 7.88. The SMILES string of the molecule is COc1ccc(C(NC(=O)N(C)CC(=O)Nc2cccc3ccccc23)C(C)C)cc1. The van der Waals surface area contributed by atoms with Crippen LogP contribution in [0.3, 0.4) is 0 Å². The average molecular weight is 420 g/mol. The molecule has 2 N–H and O–H groups in total. The molecule has 0 aliphatic heterocycles. The van der Waals surface area contributed by atoms with E-state index in [1.165, 1.54) is 4.90 Å². The normalized spacial score (nSPS) is 11.8. The predicted octanol–water partition coefficient (Wildman–Crippen LogP) is 4.83. The Hall–Kier alpha value is -3.54. The van der Waals surface area contributed by atoms with E-state index in [9.17, 15) is 9.59 Å². The molecule has 0 spiro atoms. The summed E-state index contributed by atoms with van der Waals surface area (Å²) in [6.45, 7) is 4.04. The standard InChI is InChI=1S/C25H29N3O3/c1-17(2)24(19-12-14-20(31-4)15-13-19)27-25(30)28(3)16-23(29)26-22-11-7-9-18-8-5-6-10-21(18)22/h5-15,17,24H,16H2,1-4H3,(H,26,29)(H,27,30). The van der Waals surface area contributed by atoms with Crippen molar-refractivity contribution in [3.63, 3.8) is 0 Å². The van der Waals surface area contributed by atoms with Crippen molar-refractivity contribution in [3.8, 4) is 5.75 Å². The van der Waals surface area contributed by atoms with Gasteiger partial charge in [0, 0.05) is 18.1 Å². The molecule has 1 unspecified atom stereocenters. The number of carbonyl (C=O) groups excluding carboxylic acids is 2. The predicted molar refractivity (Wildman–Crippen MR) is 124 cm³/mol. The van der Waals surface area contributed by atoms with Crippen LogP contribution in [0.4, 0.5) is 10.5 Å². The molecule has 31 heavy (non-hydrogen) atoms. The minimum Gasteiger partial charge on any atom is -0.497 e. The molecule has 0 radical (unpaired) electrons. The van der Waals surface area contributed by atoms with Crippen molar-refractivity contribution in [2.45, 2.75) is 19.9 Å². The molecule has 3 aromatic rings. The first-order valence-electron chi connectivity index (χ1n) is 10.3. The van der Waals surface area contributed by atoms with Crippen molar-refractivity contribution in [1.82, 2.24) is 10.2 Å². The summed E-state index contributed by atoms with van der Waals surface area (Å²) in [5, 5.41) is 7.96. The van der Waals surface area contributed by atoms with E-state index in [0.717, 1.165) is 27.8 Å². The number of nitrogens with one attached hydrogen (secondary N) is 2. The van der Waals surface area contributed by atoms with Crippen molar-refractivity contribution < 1.29 is 14.3 Å². The number of hydrogen-bond donors (Lipinski definition) is 2. The van der Waals surface area contributed by atoms with Crippen molar-refractivity contribution in [3.05, 3.63) is 72.3 Å². The number of nitrogens with zero attached hydrogens (tertiary/aromatic N) is 1. The number of anilines is 1. The van der Waals surface area contributed by atoms with E-state index < -0.39 is 0 Å². The maximum Gasteiger partial charge on any atom is 0.318 e. The van der Waals surface area contributed by atoms with Crippen molar-refractivity contribution in [2.24, 2.45) is 5.92 Å². The van der Waals surface area contributed by atoms with Gasteiger partial charge >= 0.3 is 6.03 Å². The minimum absolute atomic E-state index is 0.0531. The van der Waals surface area contributed by atoms with Crippen LogP contribution in [-0.2, 0) is 4.79 Å². The van der Waals surface area contributed by atoms with Crippen LogP contribution >= 0.6 is 0 Å². The Labute approximate surface area is 183 Å². The largest absolute Gasteiger partial charge is 0.497 e. The number of carbonyl (C=O) groups is 2. The highest BCUT2D eigenvalue weighted by atomic mass is 16.5. The highest BCUT2D eigenvalue weighted by molar-refractivity contribution is 6.03. The summed E-state index contributed by atoms with van der Waals surface area (Å²) in [6.07, 6.45) is 0. The smallest absolute Gasteiger partial charge is 0.318 e. The summed E-state index contributed by atoms with van der Waals surface area (Å²) >= 11 is 0. The van der Waals surface area contributed by atoms with Crippen LogP contribution < -0.4 is 15.4 Å². The third kappa shape index (κ3) is 5.54. The second kappa shape index (κ2) is 9.98. The number of hydrogen-bond acceptors (Lipinski definition) is 3. The van der Waals surface area contributed by atoms with E-state index in [4.69, 9.17) is 4.74 Å². The summed E-state index contributed by atoms with van der Waals surface area (Å²) in [4.78, 5) is 26.7. The van der Waals surface area contributed by atoms with Gasteiger partial charge in [0.1, 0.15) is 12.3 Å². The fourth-order valence-electron chi connectivity index (χ4n) is 3.50. The Bertz CT molecular complexity index is 1040. The van der Waals surface area contributed by atoms with Crippen LogP contribution in [0.15, 0.2) is 66.7 Å². The van der Waals surface area contributed by atoms with Gasteiger partial charge in [-0.15, -0.1) is 0 Å². The molecule has 0 saturated heterocycles. The molecule has 1 atom stereocenters. The fraction of sp³-hybridized carbons (Fsp3) is 0.280. The molecule has 3 aromatic carbocycles. The summed E-state index contributed by atoms with van der Waals surface area (Å²) in [5.74, 6) is 0.689. The molecule has 0 saturated carbocycles. The van der Waals surface area contributed by atoms with Crippen molar-refractivity contribution in [1.29, 1.82) is 0 Å². The van der Waals surface area contributed by atoms with Gasteiger partial charge < -0.3 is 20.3 Å². The summed E-state index contributed by atoms with van der Waals surface area (Å²) in [7, 11) is 3.23. The average Bonchev–Trinajstić information content (AvgIpc) is 2.77. The Morgan fingerprint density at radius 2 is 1.65 bits per heavy atom. The van der Waals surface area contributed by atoms with Gasteiger partial charge in [-0.1, -0.05) is 62.4 Å². The van der Waals surface area contributed by atoms with Crippen molar-refractivity contribution >= 4 is 28.4 Å². The molecule has 6 heteroatoms. The molecule has 3 amide bonds. The Morgan fingerprint density at radius 1 is 0.968 bits per heavy atom. The number of amides is 3. The molecule has 0 fully saturated rings. The quantitative estimate of drug-likeness (QED) is 0.576. The number of urea groups is 1. The number of fused-ring (bicyclic) bond motifs is 1. The molecular weight excluding hydrogens is 390 g/mol. The van der Waals surface area contributed by atoms with E-state index in [0.29, 0.717) is 0 Å². The number of rotatable bonds is 7. The molecule has 0 aliphatic rings. The maximum absolute atomic E-state index is 12.8. The summed E-state index contributed by atoms with van der Waals surface area (Å²) in [6, 6.07) is 20.8. The maximum atomic E-state index is 12.8. The van der Waals surface area contributed by atoms with Crippen LogP contribution in [0.1, 0.15) is 25.5 Å². The van der Waals surface area contributed by atoms with Gasteiger partial charge in [0.2, 0.25) is 5.91 Å². The molecule has 0 aliphatic carbocycles. The number of likely N-dealkylation sites (N-methyl/N-ethyl adjacent to an activating group) is 1. The molecule has 0 bridgehead atoms. The molecular formula is C25H29N3O3. The van der Waals surface area contributed by atoms with E-state index in [2.05, 4.69) is 10.6 Å². The van der Waals surface area contributed by atoms with Crippen LogP contribution in [0, 0.1) is 5.92 Å². The molecule has 0 aromatic heterocycles. The number of ether oxygens (including phenoxy) is 1.